The van der Waals surface area contributed by atoms with Gasteiger partial charge in [0.1, 0.15) is 0 Å². The van der Waals surface area contributed by atoms with E-state index in [0.717, 1.165) is 37.9 Å². The van der Waals surface area contributed by atoms with E-state index < -0.39 is 0 Å². The van der Waals surface area contributed by atoms with Gasteiger partial charge in [-0.1, -0.05) is 30.3 Å². The molecule has 1 saturated heterocycles. The van der Waals surface area contributed by atoms with E-state index in [4.69, 9.17) is 4.74 Å². The molecule has 1 amide bonds. The zero-order valence-corrected chi connectivity index (χ0v) is 14.9. The summed E-state index contributed by atoms with van der Waals surface area (Å²) in [4.78, 5) is 24.8. The Bertz CT molecular complexity index is 596. The molecule has 1 heterocycles. The third kappa shape index (κ3) is 4.40. The van der Waals surface area contributed by atoms with Gasteiger partial charge < -0.3 is 15.4 Å². The molecule has 2 aliphatic rings. The van der Waals surface area contributed by atoms with Crippen LogP contribution in [0.25, 0.3) is 0 Å². The van der Waals surface area contributed by atoms with Crippen molar-refractivity contribution in [2.24, 2.45) is 17.3 Å². The summed E-state index contributed by atoms with van der Waals surface area (Å²) in [6, 6.07) is 9.87. The molecule has 1 aromatic carbocycles. The molecule has 1 aromatic rings. The highest BCUT2D eigenvalue weighted by molar-refractivity contribution is 5.83. The van der Waals surface area contributed by atoms with E-state index in [1.54, 1.807) is 6.92 Å². The molecule has 2 N–H and O–H groups in total. The van der Waals surface area contributed by atoms with Crippen molar-refractivity contribution >= 4 is 11.9 Å². The second-order valence-corrected chi connectivity index (χ2v) is 7.25. The molecule has 1 spiro atoms. The van der Waals surface area contributed by atoms with Gasteiger partial charge in [0, 0.05) is 12.5 Å². The number of hydrogen-bond donors (Lipinski definition) is 2. The SMILES string of the molecule is CCOC(=O)C(CNC(=O)C1CC12CCNCC2)Cc1ccccc1. The van der Waals surface area contributed by atoms with Crippen LogP contribution in [0.4, 0.5) is 0 Å². The molecule has 1 saturated carbocycles. The van der Waals surface area contributed by atoms with Gasteiger partial charge in [0.25, 0.3) is 0 Å². The van der Waals surface area contributed by atoms with E-state index in [0.29, 0.717) is 19.6 Å². The predicted octanol–water partition coefficient (Wildman–Crippen LogP) is 1.91. The van der Waals surface area contributed by atoms with Crippen LogP contribution in [0.3, 0.4) is 0 Å². The minimum Gasteiger partial charge on any atom is -0.466 e. The first-order chi connectivity index (χ1) is 12.1. The molecule has 136 valence electrons. The van der Waals surface area contributed by atoms with Crippen molar-refractivity contribution in [1.82, 2.24) is 10.6 Å². The quantitative estimate of drug-likeness (QED) is 0.742. The average molecular weight is 344 g/mol. The van der Waals surface area contributed by atoms with E-state index in [1.807, 2.05) is 30.3 Å². The van der Waals surface area contributed by atoms with E-state index in [2.05, 4.69) is 10.6 Å². The number of carbonyl (C=O) groups is 2. The van der Waals surface area contributed by atoms with Crippen LogP contribution in [0, 0.1) is 17.3 Å². The molecular weight excluding hydrogens is 316 g/mol. The fourth-order valence-corrected chi connectivity index (χ4v) is 3.94. The van der Waals surface area contributed by atoms with Crippen molar-refractivity contribution in [3.63, 3.8) is 0 Å². The van der Waals surface area contributed by atoms with Crippen LogP contribution in [0.1, 0.15) is 31.7 Å². The lowest BCUT2D eigenvalue weighted by Gasteiger charge is -2.23. The largest absolute Gasteiger partial charge is 0.466 e. The van der Waals surface area contributed by atoms with Crippen LogP contribution in [0.15, 0.2) is 30.3 Å². The second kappa shape index (κ2) is 8.00. The summed E-state index contributed by atoms with van der Waals surface area (Å²) in [5.41, 5.74) is 1.30. The Morgan fingerprint density at radius 1 is 1.28 bits per heavy atom. The first kappa shape index (κ1) is 17.9. The third-order valence-electron chi connectivity index (χ3n) is 5.57. The summed E-state index contributed by atoms with van der Waals surface area (Å²) < 4.78 is 5.20. The number of amides is 1. The highest BCUT2D eigenvalue weighted by Crippen LogP contribution is 2.58. The van der Waals surface area contributed by atoms with Crippen molar-refractivity contribution in [3.8, 4) is 0 Å². The van der Waals surface area contributed by atoms with Gasteiger partial charge in [-0.3, -0.25) is 9.59 Å². The Morgan fingerprint density at radius 2 is 2.00 bits per heavy atom. The molecule has 2 atom stereocenters. The Hall–Kier alpha value is -1.88. The zero-order valence-electron chi connectivity index (χ0n) is 14.9. The fraction of sp³-hybridized carbons (Fsp3) is 0.600. The molecule has 1 aliphatic carbocycles. The van der Waals surface area contributed by atoms with Crippen molar-refractivity contribution in [3.05, 3.63) is 35.9 Å². The first-order valence-corrected chi connectivity index (χ1v) is 9.33. The Kier molecular flexibility index (Phi) is 5.74. The van der Waals surface area contributed by atoms with Crippen LogP contribution in [-0.2, 0) is 20.7 Å². The monoisotopic (exact) mass is 344 g/mol. The van der Waals surface area contributed by atoms with Crippen molar-refractivity contribution in [2.75, 3.05) is 26.2 Å². The van der Waals surface area contributed by atoms with Gasteiger partial charge in [-0.2, -0.15) is 0 Å². The van der Waals surface area contributed by atoms with Gasteiger partial charge in [0.2, 0.25) is 5.91 Å². The third-order valence-corrected chi connectivity index (χ3v) is 5.57. The number of nitrogens with one attached hydrogen (secondary N) is 2. The lowest BCUT2D eigenvalue weighted by molar-refractivity contribution is -0.147. The van der Waals surface area contributed by atoms with Gasteiger partial charge in [-0.05, 0) is 56.7 Å². The number of piperidine rings is 1. The Morgan fingerprint density at radius 3 is 2.68 bits per heavy atom. The Labute approximate surface area is 149 Å². The van der Waals surface area contributed by atoms with Crippen LogP contribution in [-0.4, -0.2) is 38.1 Å². The molecule has 1 aliphatic heterocycles. The van der Waals surface area contributed by atoms with E-state index in [9.17, 15) is 9.59 Å². The molecule has 2 fully saturated rings. The first-order valence-electron chi connectivity index (χ1n) is 9.33. The fourth-order valence-electron chi connectivity index (χ4n) is 3.94. The molecule has 0 radical (unpaired) electrons. The topological polar surface area (TPSA) is 67.4 Å². The predicted molar refractivity (Wildman–Crippen MR) is 95.9 cm³/mol. The number of carbonyl (C=O) groups excluding carboxylic acids is 2. The van der Waals surface area contributed by atoms with Crippen molar-refractivity contribution in [1.29, 1.82) is 0 Å². The minimum atomic E-state index is -0.339. The maximum atomic E-state index is 12.5. The molecular formula is C20H28N2O3. The molecule has 5 heteroatoms. The van der Waals surface area contributed by atoms with Crippen molar-refractivity contribution in [2.45, 2.75) is 32.6 Å². The van der Waals surface area contributed by atoms with Crippen LogP contribution in [0.2, 0.25) is 0 Å². The number of benzene rings is 1. The van der Waals surface area contributed by atoms with Gasteiger partial charge in [-0.25, -0.2) is 0 Å². The van der Waals surface area contributed by atoms with Crippen molar-refractivity contribution < 1.29 is 14.3 Å². The summed E-state index contributed by atoms with van der Waals surface area (Å²) in [5, 5.41) is 6.37. The summed E-state index contributed by atoms with van der Waals surface area (Å²) in [7, 11) is 0. The second-order valence-electron chi connectivity index (χ2n) is 7.25. The minimum absolute atomic E-state index is 0.101. The number of esters is 1. The van der Waals surface area contributed by atoms with Gasteiger partial charge in [0.15, 0.2) is 0 Å². The summed E-state index contributed by atoms with van der Waals surface area (Å²) in [6.07, 6.45) is 3.73. The molecule has 3 rings (SSSR count). The average Bonchev–Trinajstić information content (AvgIpc) is 3.33. The highest BCUT2D eigenvalue weighted by Gasteiger charge is 2.57. The highest BCUT2D eigenvalue weighted by atomic mass is 16.5. The lowest BCUT2D eigenvalue weighted by atomic mass is 9.91. The van der Waals surface area contributed by atoms with Crippen LogP contribution < -0.4 is 10.6 Å². The van der Waals surface area contributed by atoms with E-state index in [1.165, 1.54) is 0 Å². The maximum absolute atomic E-state index is 12.5. The zero-order chi connectivity index (χ0) is 17.7. The number of hydrogen-bond acceptors (Lipinski definition) is 4. The normalized spacial score (nSPS) is 22.2. The van der Waals surface area contributed by atoms with Gasteiger partial charge >= 0.3 is 5.97 Å². The summed E-state index contributed by atoms with van der Waals surface area (Å²) in [5.74, 6) is -0.355. The molecule has 25 heavy (non-hydrogen) atoms. The van der Waals surface area contributed by atoms with Crippen LogP contribution >= 0.6 is 0 Å². The van der Waals surface area contributed by atoms with Crippen LogP contribution in [0.5, 0.6) is 0 Å². The number of rotatable bonds is 7. The van der Waals surface area contributed by atoms with Gasteiger partial charge in [-0.15, -0.1) is 0 Å². The van der Waals surface area contributed by atoms with Gasteiger partial charge in [0.05, 0.1) is 12.5 Å². The molecule has 5 nitrogen and oxygen atoms in total. The van der Waals surface area contributed by atoms with E-state index in [-0.39, 0.29) is 29.1 Å². The summed E-state index contributed by atoms with van der Waals surface area (Å²) >= 11 is 0. The number of ether oxygens (including phenoxy) is 1. The maximum Gasteiger partial charge on any atom is 0.311 e. The lowest BCUT2D eigenvalue weighted by Crippen LogP contribution is -2.38. The molecule has 0 aromatic heterocycles. The standard InChI is InChI=1S/C20H28N2O3/c1-2-25-19(24)16(12-15-6-4-3-5-7-15)14-22-18(23)17-13-20(17)8-10-21-11-9-20/h3-7,16-17,21H,2,8-14H2,1H3,(H,22,23). The van der Waals surface area contributed by atoms with E-state index >= 15 is 0 Å². The summed E-state index contributed by atoms with van der Waals surface area (Å²) in [6.45, 7) is 4.52. The Balaban J connectivity index is 1.55. The molecule has 0 bridgehead atoms. The smallest absolute Gasteiger partial charge is 0.311 e. The molecule has 2 unspecified atom stereocenters.